The van der Waals surface area contributed by atoms with E-state index in [0.29, 0.717) is 5.56 Å². The second-order valence-corrected chi connectivity index (χ2v) is 3.33. The van der Waals surface area contributed by atoms with E-state index in [1.807, 2.05) is 0 Å². The third-order valence-corrected chi connectivity index (χ3v) is 2.14. The van der Waals surface area contributed by atoms with Crippen LogP contribution in [0.3, 0.4) is 0 Å². The fraction of sp³-hybridized carbons (Fsp3) is 0.200. The zero-order valence-corrected chi connectivity index (χ0v) is 8.99. The minimum absolute atomic E-state index is 0.0284. The molecule has 0 aliphatic carbocycles. The number of aromatic nitrogens is 2. The van der Waals surface area contributed by atoms with E-state index >= 15 is 0 Å². The van der Waals surface area contributed by atoms with Gasteiger partial charge in [-0.15, -0.1) is 10.2 Å². The van der Waals surface area contributed by atoms with E-state index in [1.165, 1.54) is 0 Å². The first-order valence-electron chi connectivity index (χ1n) is 4.92. The van der Waals surface area contributed by atoms with Gasteiger partial charge in [0.25, 0.3) is 5.89 Å². The minimum atomic E-state index is -2.78. The van der Waals surface area contributed by atoms with Gasteiger partial charge in [0.15, 0.2) is 0 Å². The maximum absolute atomic E-state index is 12.3. The third-order valence-electron chi connectivity index (χ3n) is 2.14. The van der Waals surface area contributed by atoms with Crippen LogP contribution in [0.15, 0.2) is 33.8 Å². The lowest BCUT2D eigenvalue weighted by Gasteiger charge is -1.97. The lowest BCUT2D eigenvalue weighted by atomic mass is 10.1. The molecule has 0 radical (unpaired) electrons. The first-order valence-corrected chi connectivity index (χ1v) is 4.92. The van der Waals surface area contributed by atoms with Gasteiger partial charge in [0.2, 0.25) is 5.89 Å². The van der Waals surface area contributed by atoms with Crippen LogP contribution < -0.4 is 0 Å². The molecule has 0 amide bonds. The maximum Gasteiger partial charge on any atom is 0.314 e. The summed E-state index contributed by atoms with van der Waals surface area (Å²) in [6, 6.07) is 6.64. The van der Waals surface area contributed by atoms with Crippen molar-refractivity contribution in [3.63, 3.8) is 0 Å². The van der Waals surface area contributed by atoms with Crippen molar-refractivity contribution in [1.29, 1.82) is 0 Å². The molecule has 0 atom stereocenters. The fourth-order valence-corrected chi connectivity index (χ4v) is 1.31. The van der Waals surface area contributed by atoms with Crippen molar-refractivity contribution in [3.8, 4) is 11.5 Å². The van der Waals surface area contributed by atoms with Crippen LogP contribution in [0.5, 0.6) is 0 Å². The molecule has 0 spiro atoms. The molecule has 0 aliphatic heterocycles. The third kappa shape index (κ3) is 2.61. The van der Waals surface area contributed by atoms with E-state index in [0.717, 1.165) is 5.56 Å². The van der Waals surface area contributed by atoms with Gasteiger partial charge >= 0.3 is 6.43 Å². The molecule has 0 bridgehead atoms. The van der Waals surface area contributed by atoms with E-state index in [2.05, 4.69) is 20.2 Å². The Morgan fingerprint density at radius 3 is 2.56 bits per heavy atom. The van der Waals surface area contributed by atoms with E-state index < -0.39 is 12.3 Å². The van der Waals surface area contributed by atoms with Crippen LogP contribution in [0.1, 0.15) is 17.9 Å². The maximum atomic E-state index is 12.3. The van der Waals surface area contributed by atoms with E-state index in [1.54, 1.807) is 24.3 Å². The molecule has 1 aromatic carbocycles. The number of halogens is 2. The predicted octanol–water partition coefficient (Wildman–Crippen LogP) is 3.48. The van der Waals surface area contributed by atoms with Crippen molar-refractivity contribution in [2.75, 3.05) is 0 Å². The van der Waals surface area contributed by atoms with Crippen LogP contribution >= 0.6 is 0 Å². The molecule has 0 saturated heterocycles. The molecule has 0 N–H and O–H groups in total. The Balaban J connectivity index is 2.20. The molecule has 1 aromatic heterocycles. The lowest BCUT2D eigenvalue weighted by Crippen LogP contribution is -1.82. The second-order valence-electron chi connectivity index (χ2n) is 3.33. The molecule has 6 nitrogen and oxygen atoms in total. The Morgan fingerprint density at radius 1 is 1.28 bits per heavy atom. The monoisotopic (exact) mass is 251 g/mol. The predicted molar refractivity (Wildman–Crippen MR) is 57.5 cm³/mol. The van der Waals surface area contributed by atoms with E-state index in [-0.39, 0.29) is 12.4 Å². The largest absolute Gasteiger partial charge is 0.415 e. The minimum Gasteiger partial charge on any atom is -0.415 e. The normalized spacial score (nSPS) is 10.4. The van der Waals surface area contributed by atoms with Crippen LogP contribution in [0.4, 0.5) is 8.78 Å². The Bertz CT molecular complexity index is 574. The number of nitrogens with zero attached hydrogens (tertiary/aromatic N) is 5. The molecular weight excluding hydrogens is 244 g/mol. The molecule has 92 valence electrons. The van der Waals surface area contributed by atoms with Crippen LogP contribution in [0, 0.1) is 0 Å². The molecule has 8 heteroatoms. The van der Waals surface area contributed by atoms with Crippen LogP contribution in [0.25, 0.3) is 21.9 Å². The first kappa shape index (κ1) is 12.0. The summed E-state index contributed by atoms with van der Waals surface area (Å²) in [7, 11) is 0. The van der Waals surface area contributed by atoms with Crippen molar-refractivity contribution in [2.45, 2.75) is 13.0 Å². The van der Waals surface area contributed by atoms with Crippen molar-refractivity contribution in [2.24, 2.45) is 5.11 Å². The van der Waals surface area contributed by atoms with Crippen LogP contribution in [-0.4, -0.2) is 10.2 Å². The van der Waals surface area contributed by atoms with Gasteiger partial charge in [0.1, 0.15) is 0 Å². The number of rotatable bonds is 4. The summed E-state index contributed by atoms with van der Waals surface area (Å²) in [5.41, 5.74) is 9.49. The highest BCUT2D eigenvalue weighted by Crippen LogP contribution is 2.23. The number of alkyl halides is 2. The number of hydrogen-bond acceptors (Lipinski definition) is 4. The summed E-state index contributed by atoms with van der Waals surface area (Å²) in [5, 5.41) is 10.2. The van der Waals surface area contributed by atoms with Gasteiger partial charge in [-0.3, -0.25) is 0 Å². The van der Waals surface area contributed by atoms with E-state index in [9.17, 15) is 8.78 Å². The van der Waals surface area contributed by atoms with Crippen molar-refractivity contribution in [3.05, 3.63) is 46.2 Å². The number of benzene rings is 1. The molecule has 0 fully saturated rings. The van der Waals surface area contributed by atoms with E-state index in [4.69, 9.17) is 9.95 Å². The highest BCUT2D eigenvalue weighted by atomic mass is 19.3. The van der Waals surface area contributed by atoms with Gasteiger partial charge in [-0.25, -0.2) is 0 Å². The number of hydrogen-bond donors (Lipinski definition) is 0. The Morgan fingerprint density at radius 2 is 2.00 bits per heavy atom. The Labute approximate surface area is 99.9 Å². The summed E-state index contributed by atoms with van der Waals surface area (Å²) in [6.07, 6.45) is -2.78. The average Bonchev–Trinajstić information content (AvgIpc) is 2.87. The lowest BCUT2D eigenvalue weighted by molar-refractivity contribution is 0.116. The molecule has 0 unspecified atom stereocenters. The summed E-state index contributed by atoms with van der Waals surface area (Å²) < 4.78 is 29.3. The molecule has 2 rings (SSSR count). The molecule has 18 heavy (non-hydrogen) atoms. The second kappa shape index (κ2) is 5.24. The van der Waals surface area contributed by atoms with Gasteiger partial charge in [-0.1, -0.05) is 17.2 Å². The molecule has 0 saturated carbocycles. The SMILES string of the molecule is [N-]=[N+]=NCc1ccc(-c2nnc(C(F)F)o2)cc1. The zero-order chi connectivity index (χ0) is 13.0. The zero-order valence-electron chi connectivity index (χ0n) is 8.99. The molecular formula is C10H7F2N5O. The summed E-state index contributed by atoms with van der Waals surface area (Å²) in [5.74, 6) is -0.677. The Kier molecular flexibility index (Phi) is 3.49. The van der Waals surface area contributed by atoms with Gasteiger partial charge in [-0.2, -0.15) is 8.78 Å². The van der Waals surface area contributed by atoms with Crippen molar-refractivity contribution < 1.29 is 13.2 Å². The van der Waals surface area contributed by atoms with Gasteiger partial charge < -0.3 is 4.42 Å². The van der Waals surface area contributed by atoms with Gasteiger partial charge in [0, 0.05) is 10.5 Å². The van der Waals surface area contributed by atoms with Crippen LogP contribution in [0.2, 0.25) is 0 Å². The van der Waals surface area contributed by atoms with Crippen LogP contribution in [-0.2, 0) is 6.54 Å². The summed E-state index contributed by atoms with van der Waals surface area (Å²) >= 11 is 0. The topological polar surface area (TPSA) is 87.7 Å². The molecule has 1 heterocycles. The standard InChI is InChI=1S/C10H7F2N5O/c11-8(12)10-16-15-9(18-10)7-3-1-6(2-4-7)5-14-17-13/h1-4,8H,5H2. The quantitative estimate of drug-likeness (QED) is 0.473. The smallest absolute Gasteiger partial charge is 0.314 e. The summed E-state index contributed by atoms with van der Waals surface area (Å²) in [6.45, 7) is 0.225. The molecule has 2 aromatic rings. The van der Waals surface area contributed by atoms with Crippen molar-refractivity contribution >= 4 is 0 Å². The molecule has 0 aliphatic rings. The van der Waals surface area contributed by atoms with Gasteiger partial charge in [-0.05, 0) is 23.2 Å². The van der Waals surface area contributed by atoms with Crippen molar-refractivity contribution in [1.82, 2.24) is 10.2 Å². The Hall–Kier alpha value is -2.47. The fourth-order valence-electron chi connectivity index (χ4n) is 1.31. The highest BCUT2D eigenvalue weighted by molar-refractivity contribution is 5.52. The van der Waals surface area contributed by atoms with Gasteiger partial charge in [0.05, 0.1) is 6.54 Å². The first-order chi connectivity index (χ1) is 8.70. The number of azide groups is 1. The highest BCUT2D eigenvalue weighted by Gasteiger charge is 2.16. The summed E-state index contributed by atoms with van der Waals surface area (Å²) in [4.78, 5) is 2.64. The average molecular weight is 251 g/mol.